The van der Waals surface area contributed by atoms with Gasteiger partial charge in [-0.2, -0.15) is 0 Å². The van der Waals surface area contributed by atoms with Crippen molar-refractivity contribution in [3.8, 4) is 5.69 Å². The fourth-order valence-corrected chi connectivity index (χ4v) is 5.48. The number of carbonyl (C=O) groups excluding carboxylic acids is 2. The van der Waals surface area contributed by atoms with Gasteiger partial charge in [-0.1, -0.05) is 82.1 Å². The number of nitrogens with zero attached hydrogens (tertiary/aromatic N) is 3. The normalized spacial score (nSPS) is 14.4. The van der Waals surface area contributed by atoms with Gasteiger partial charge in [0.2, 0.25) is 5.91 Å². The summed E-state index contributed by atoms with van der Waals surface area (Å²) in [5.41, 5.74) is 5.45. The summed E-state index contributed by atoms with van der Waals surface area (Å²) in [6.45, 7) is 9.05. The van der Waals surface area contributed by atoms with Crippen LogP contribution in [0.5, 0.6) is 0 Å². The van der Waals surface area contributed by atoms with E-state index in [9.17, 15) is 9.59 Å². The second-order valence-corrected chi connectivity index (χ2v) is 11.9. The third-order valence-electron chi connectivity index (χ3n) is 7.57. The van der Waals surface area contributed by atoms with E-state index in [1.165, 1.54) is 5.56 Å². The van der Waals surface area contributed by atoms with Gasteiger partial charge >= 0.3 is 0 Å². The molecule has 5 rings (SSSR count). The SMILES string of the molecule is CCCCN(CC(=O)N1c2ccccc2-n2cccc2C1c1ccc(Cl)cc1)C(=O)c1ccc(C(C)(C)C)cc1. The smallest absolute Gasteiger partial charge is 0.254 e. The maximum Gasteiger partial charge on any atom is 0.254 e. The Labute approximate surface area is 242 Å². The molecule has 40 heavy (non-hydrogen) atoms. The van der Waals surface area contributed by atoms with Gasteiger partial charge in [-0.3, -0.25) is 14.5 Å². The first kappa shape index (κ1) is 27.7. The van der Waals surface area contributed by atoms with Crippen molar-refractivity contribution in [3.05, 3.63) is 119 Å². The van der Waals surface area contributed by atoms with E-state index in [-0.39, 0.29) is 29.8 Å². The van der Waals surface area contributed by atoms with Gasteiger partial charge < -0.3 is 9.47 Å². The largest absolute Gasteiger partial charge is 0.329 e. The van der Waals surface area contributed by atoms with Crippen molar-refractivity contribution in [1.82, 2.24) is 9.47 Å². The van der Waals surface area contributed by atoms with Crippen molar-refractivity contribution >= 4 is 29.1 Å². The molecule has 0 aliphatic carbocycles. The number of rotatable bonds is 7. The predicted octanol–water partition coefficient (Wildman–Crippen LogP) is 7.81. The molecular weight excluding hydrogens is 518 g/mol. The summed E-state index contributed by atoms with van der Waals surface area (Å²) in [5.74, 6) is -0.255. The lowest BCUT2D eigenvalue weighted by Crippen LogP contribution is -2.47. The van der Waals surface area contributed by atoms with E-state index in [1.807, 2.05) is 96.0 Å². The van der Waals surface area contributed by atoms with Crippen molar-refractivity contribution in [2.24, 2.45) is 0 Å². The van der Waals surface area contributed by atoms with Crippen LogP contribution < -0.4 is 4.90 Å². The van der Waals surface area contributed by atoms with Crippen molar-refractivity contribution in [1.29, 1.82) is 0 Å². The summed E-state index contributed by atoms with van der Waals surface area (Å²) in [7, 11) is 0. The number of para-hydroxylation sites is 2. The highest BCUT2D eigenvalue weighted by molar-refractivity contribution is 6.30. The Balaban J connectivity index is 1.51. The van der Waals surface area contributed by atoms with E-state index in [1.54, 1.807) is 4.90 Å². The van der Waals surface area contributed by atoms with Gasteiger partial charge in [0.1, 0.15) is 12.6 Å². The number of hydrogen-bond acceptors (Lipinski definition) is 2. The molecule has 2 amide bonds. The third-order valence-corrected chi connectivity index (χ3v) is 7.82. The Morgan fingerprint density at radius 2 is 1.55 bits per heavy atom. The van der Waals surface area contributed by atoms with Crippen molar-refractivity contribution < 1.29 is 9.59 Å². The minimum Gasteiger partial charge on any atom is -0.329 e. The average molecular weight is 554 g/mol. The number of fused-ring (bicyclic) bond motifs is 3. The van der Waals surface area contributed by atoms with Crippen LogP contribution in [-0.2, 0) is 10.2 Å². The van der Waals surface area contributed by atoms with E-state index in [0.717, 1.165) is 35.5 Å². The number of halogens is 1. The molecule has 0 bridgehead atoms. The predicted molar refractivity (Wildman–Crippen MR) is 163 cm³/mol. The summed E-state index contributed by atoms with van der Waals surface area (Å²) in [5, 5.41) is 0.641. The Hall–Kier alpha value is -3.83. The minimum atomic E-state index is -0.358. The number of benzene rings is 3. The first-order chi connectivity index (χ1) is 19.2. The molecule has 0 spiro atoms. The zero-order valence-electron chi connectivity index (χ0n) is 23.6. The first-order valence-electron chi connectivity index (χ1n) is 13.9. The lowest BCUT2D eigenvalue weighted by Gasteiger charge is -2.39. The van der Waals surface area contributed by atoms with Crippen LogP contribution in [0, 0.1) is 0 Å². The molecule has 1 aromatic heterocycles. The van der Waals surface area contributed by atoms with Crippen LogP contribution in [0.1, 0.15) is 73.8 Å². The van der Waals surface area contributed by atoms with Gasteiger partial charge in [-0.25, -0.2) is 0 Å². The van der Waals surface area contributed by atoms with Crippen LogP contribution in [0.2, 0.25) is 5.02 Å². The molecular formula is C34H36ClN3O2. The average Bonchev–Trinajstić information content (AvgIpc) is 3.44. The second-order valence-electron chi connectivity index (χ2n) is 11.4. The molecule has 3 aromatic carbocycles. The molecule has 6 heteroatoms. The summed E-state index contributed by atoms with van der Waals surface area (Å²) < 4.78 is 2.13. The highest BCUT2D eigenvalue weighted by Crippen LogP contribution is 2.42. The maximum absolute atomic E-state index is 14.3. The number of anilines is 1. The van der Waals surface area contributed by atoms with Crippen LogP contribution in [0.25, 0.3) is 5.69 Å². The maximum atomic E-state index is 14.3. The topological polar surface area (TPSA) is 45.6 Å². The fourth-order valence-electron chi connectivity index (χ4n) is 5.36. The Bertz CT molecular complexity index is 1500. The summed E-state index contributed by atoms with van der Waals surface area (Å²) >= 11 is 6.22. The lowest BCUT2D eigenvalue weighted by molar-refractivity contribution is -0.119. The molecule has 206 valence electrons. The molecule has 0 saturated heterocycles. The Kier molecular flexibility index (Phi) is 7.86. The summed E-state index contributed by atoms with van der Waals surface area (Å²) in [6.07, 6.45) is 3.77. The molecule has 0 N–H and O–H groups in total. The van der Waals surface area contributed by atoms with Gasteiger partial charge in [0, 0.05) is 23.3 Å². The van der Waals surface area contributed by atoms with Crippen molar-refractivity contribution in [3.63, 3.8) is 0 Å². The van der Waals surface area contributed by atoms with Crippen LogP contribution in [0.4, 0.5) is 5.69 Å². The van der Waals surface area contributed by atoms with Crippen LogP contribution in [0.3, 0.4) is 0 Å². The number of carbonyl (C=O) groups is 2. The molecule has 1 aliphatic heterocycles. The van der Waals surface area contributed by atoms with Crippen LogP contribution in [0.15, 0.2) is 91.1 Å². The van der Waals surface area contributed by atoms with Gasteiger partial charge in [-0.15, -0.1) is 0 Å². The quantitative estimate of drug-likeness (QED) is 0.234. The Morgan fingerprint density at radius 1 is 0.875 bits per heavy atom. The van der Waals surface area contributed by atoms with Crippen molar-refractivity contribution in [2.75, 3.05) is 18.0 Å². The molecule has 5 nitrogen and oxygen atoms in total. The monoisotopic (exact) mass is 553 g/mol. The number of unbranched alkanes of at least 4 members (excludes halogenated alkanes) is 1. The van der Waals surface area contributed by atoms with E-state index in [0.29, 0.717) is 17.1 Å². The molecule has 2 heterocycles. The van der Waals surface area contributed by atoms with Crippen LogP contribution in [-0.4, -0.2) is 34.4 Å². The zero-order valence-corrected chi connectivity index (χ0v) is 24.4. The number of aromatic nitrogens is 1. The van der Waals surface area contributed by atoms with E-state index < -0.39 is 0 Å². The first-order valence-corrected chi connectivity index (χ1v) is 14.3. The van der Waals surface area contributed by atoms with E-state index in [2.05, 4.69) is 32.3 Å². The van der Waals surface area contributed by atoms with Crippen LogP contribution >= 0.6 is 11.6 Å². The highest BCUT2D eigenvalue weighted by Gasteiger charge is 2.37. The van der Waals surface area contributed by atoms with Crippen molar-refractivity contribution in [2.45, 2.75) is 52.0 Å². The molecule has 0 fully saturated rings. The summed E-state index contributed by atoms with van der Waals surface area (Å²) in [6, 6.07) is 27.0. The standard InChI is InChI=1S/C34H36ClN3O2/c1-5-6-21-36(33(40)25-13-17-26(18-14-25)34(2,3)4)23-31(39)38-29-11-8-7-10-28(29)37-22-9-12-30(37)32(38)24-15-19-27(35)20-16-24/h7-20,22,32H,5-6,21,23H2,1-4H3. The second kappa shape index (κ2) is 11.3. The minimum absolute atomic E-state index is 0.00453. The van der Waals surface area contributed by atoms with E-state index >= 15 is 0 Å². The zero-order chi connectivity index (χ0) is 28.4. The van der Waals surface area contributed by atoms with Gasteiger partial charge in [0.25, 0.3) is 5.91 Å². The van der Waals surface area contributed by atoms with Gasteiger partial charge in [0.15, 0.2) is 0 Å². The molecule has 0 radical (unpaired) electrons. The van der Waals surface area contributed by atoms with E-state index in [4.69, 9.17) is 11.6 Å². The van der Waals surface area contributed by atoms with Gasteiger partial charge in [0.05, 0.1) is 17.1 Å². The fraction of sp³-hybridized carbons (Fsp3) is 0.294. The summed E-state index contributed by atoms with van der Waals surface area (Å²) in [4.78, 5) is 31.6. The number of hydrogen-bond donors (Lipinski definition) is 0. The molecule has 1 atom stereocenters. The molecule has 0 saturated carbocycles. The number of amides is 2. The molecule has 1 aliphatic rings. The Morgan fingerprint density at radius 3 is 2.20 bits per heavy atom. The third kappa shape index (κ3) is 5.44. The highest BCUT2D eigenvalue weighted by atomic mass is 35.5. The van der Waals surface area contributed by atoms with Gasteiger partial charge in [-0.05, 0) is 71.5 Å². The molecule has 4 aromatic rings. The lowest BCUT2D eigenvalue weighted by atomic mass is 9.86. The molecule has 1 unspecified atom stereocenters.